The standard InChI is InChI=1S/2C13H12O4.Ni/c2*1-2-6-10(12(15)13(16)17)11(14)9-7-4-3-5-8-9;/h2*2-5,7-8,10H,1,6H2,(H,16,17);. The first-order valence-corrected chi connectivity index (χ1v) is 10.1. The summed E-state index contributed by atoms with van der Waals surface area (Å²) in [5, 5.41) is 17.3. The molecule has 2 atom stereocenters. The van der Waals surface area contributed by atoms with E-state index in [9.17, 15) is 28.8 Å². The molecule has 0 saturated carbocycles. The van der Waals surface area contributed by atoms with Crippen LogP contribution in [0.3, 0.4) is 0 Å². The number of carbonyl (C=O) groups is 6. The molecule has 0 fully saturated rings. The van der Waals surface area contributed by atoms with Gasteiger partial charge in [0.25, 0.3) is 11.6 Å². The average molecular weight is 523 g/mol. The maximum atomic E-state index is 11.9. The summed E-state index contributed by atoms with van der Waals surface area (Å²) in [4.78, 5) is 67.9. The normalized spacial score (nSPS) is 11.2. The van der Waals surface area contributed by atoms with Crippen molar-refractivity contribution in [3.63, 3.8) is 0 Å². The van der Waals surface area contributed by atoms with Crippen LogP contribution >= 0.6 is 0 Å². The van der Waals surface area contributed by atoms with Gasteiger partial charge in [-0.15, -0.1) is 13.2 Å². The number of aliphatic carboxylic acids is 2. The van der Waals surface area contributed by atoms with Crippen LogP contribution in [0.25, 0.3) is 0 Å². The molecule has 0 bridgehead atoms. The molecular weight excluding hydrogens is 499 g/mol. The number of hydrogen-bond acceptors (Lipinski definition) is 6. The molecule has 2 aromatic carbocycles. The van der Waals surface area contributed by atoms with E-state index in [1.54, 1.807) is 60.7 Å². The van der Waals surface area contributed by atoms with E-state index in [-0.39, 0.29) is 29.3 Å². The number of rotatable bonds is 12. The molecule has 0 aliphatic rings. The van der Waals surface area contributed by atoms with E-state index >= 15 is 0 Å². The fourth-order valence-corrected chi connectivity index (χ4v) is 2.90. The Labute approximate surface area is 212 Å². The van der Waals surface area contributed by atoms with Gasteiger partial charge in [0, 0.05) is 27.6 Å². The fourth-order valence-electron chi connectivity index (χ4n) is 2.90. The Kier molecular flexibility index (Phi) is 14.0. The van der Waals surface area contributed by atoms with Gasteiger partial charge >= 0.3 is 11.9 Å². The Morgan fingerprint density at radius 3 is 1.14 bits per heavy atom. The molecule has 0 spiro atoms. The van der Waals surface area contributed by atoms with Crippen molar-refractivity contribution in [2.24, 2.45) is 11.8 Å². The number of ketones is 4. The fraction of sp³-hybridized carbons (Fsp3) is 0.154. The second kappa shape index (κ2) is 15.8. The number of Topliss-reactive ketones (excluding diaryl/α,β-unsaturated/α-hetero) is 4. The Bertz CT molecular complexity index is 990. The van der Waals surface area contributed by atoms with E-state index in [4.69, 9.17) is 10.2 Å². The summed E-state index contributed by atoms with van der Waals surface area (Å²) in [6, 6.07) is 16.3. The smallest absolute Gasteiger partial charge is 0.372 e. The number of carboxylic acid groups (broad SMARTS) is 2. The summed E-state index contributed by atoms with van der Waals surface area (Å²) in [5.41, 5.74) is 0.655. The van der Waals surface area contributed by atoms with Gasteiger partial charge < -0.3 is 10.2 Å². The molecule has 2 rings (SSSR count). The molecule has 9 heteroatoms. The molecule has 0 aliphatic carbocycles. The predicted molar refractivity (Wildman–Crippen MR) is 123 cm³/mol. The molecule has 0 amide bonds. The van der Waals surface area contributed by atoms with Crippen LogP contribution in [0.1, 0.15) is 33.6 Å². The first-order valence-electron chi connectivity index (χ1n) is 10.1. The number of carbonyl (C=O) groups excluding carboxylic acids is 4. The third kappa shape index (κ3) is 9.43. The maximum Gasteiger partial charge on any atom is 0.372 e. The van der Waals surface area contributed by atoms with E-state index in [2.05, 4.69) is 13.2 Å². The van der Waals surface area contributed by atoms with Crippen LogP contribution in [0.15, 0.2) is 86.0 Å². The molecule has 186 valence electrons. The molecule has 2 unspecified atom stereocenters. The van der Waals surface area contributed by atoms with Crippen molar-refractivity contribution in [3.8, 4) is 0 Å². The number of hydrogen-bond donors (Lipinski definition) is 2. The zero-order valence-corrected chi connectivity index (χ0v) is 19.6. The van der Waals surface area contributed by atoms with Crippen molar-refractivity contribution in [1.82, 2.24) is 0 Å². The van der Waals surface area contributed by atoms with Gasteiger partial charge in [-0.1, -0.05) is 72.8 Å². The molecule has 2 N–H and O–H groups in total. The summed E-state index contributed by atoms with van der Waals surface area (Å²) >= 11 is 0. The van der Waals surface area contributed by atoms with Gasteiger partial charge in [0.05, 0.1) is 11.8 Å². The Hall–Kier alpha value is -3.97. The Balaban J connectivity index is 0.000000642. The molecule has 0 aromatic heterocycles. The molecule has 0 aliphatic heterocycles. The summed E-state index contributed by atoms with van der Waals surface area (Å²) < 4.78 is 0. The Morgan fingerprint density at radius 1 is 0.629 bits per heavy atom. The van der Waals surface area contributed by atoms with E-state index in [0.717, 1.165) is 0 Å². The summed E-state index contributed by atoms with van der Waals surface area (Å²) in [6.07, 6.45) is 2.79. The van der Waals surface area contributed by atoms with Gasteiger partial charge in [-0.25, -0.2) is 9.59 Å². The zero-order valence-electron chi connectivity index (χ0n) is 18.6. The third-order valence-corrected chi connectivity index (χ3v) is 4.61. The summed E-state index contributed by atoms with van der Waals surface area (Å²) in [6.45, 7) is 6.84. The predicted octanol–water partition coefficient (Wildman–Crippen LogP) is 3.43. The minimum Gasteiger partial charge on any atom is -0.475 e. The van der Waals surface area contributed by atoms with Crippen molar-refractivity contribution in [2.75, 3.05) is 0 Å². The van der Waals surface area contributed by atoms with Gasteiger partial charge in [0.1, 0.15) is 0 Å². The van der Waals surface area contributed by atoms with Crippen molar-refractivity contribution in [2.45, 2.75) is 12.8 Å². The number of allylic oxidation sites excluding steroid dienone is 2. The minimum absolute atomic E-state index is 0. The zero-order chi connectivity index (χ0) is 25.7. The topological polar surface area (TPSA) is 143 Å². The number of carboxylic acids is 2. The number of benzene rings is 2. The first kappa shape index (κ1) is 31.0. The molecular formula is C26H24NiO8. The van der Waals surface area contributed by atoms with Crippen molar-refractivity contribution >= 4 is 35.1 Å². The van der Waals surface area contributed by atoms with Crippen LogP contribution in [-0.4, -0.2) is 45.3 Å². The monoisotopic (exact) mass is 522 g/mol. The largest absolute Gasteiger partial charge is 0.475 e. The van der Waals surface area contributed by atoms with Gasteiger partial charge in [-0.2, -0.15) is 0 Å². The molecule has 2 aromatic rings. The minimum atomic E-state index is -1.60. The SMILES string of the molecule is C=CCC(C(=O)C(=O)O)C(=O)c1ccccc1.C=CCC(C(=O)C(=O)O)C(=O)c1ccccc1.[Ni]. The summed E-state index contributed by atoms with van der Waals surface area (Å²) in [5.74, 6) is -8.74. The van der Waals surface area contributed by atoms with Crippen LogP contribution in [0.5, 0.6) is 0 Å². The van der Waals surface area contributed by atoms with E-state index in [1.165, 1.54) is 12.2 Å². The van der Waals surface area contributed by atoms with Crippen molar-refractivity contribution < 1.29 is 55.5 Å². The van der Waals surface area contributed by atoms with Crippen molar-refractivity contribution in [3.05, 3.63) is 97.1 Å². The summed E-state index contributed by atoms with van der Waals surface area (Å²) in [7, 11) is 0. The van der Waals surface area contributed by atoms with E-state index in [1.807, 2.05) is 0 Å². The maximum absolute atomic E-state index is 11.9. The Morgan fingerprint density at radius 2 is 0.914 bits per heavy atom. The average Bonchev–Trinajstić information content (AvgIpc) is 2.85. The van der Waals surface area contributed by atoms with E-state index < -0.39 is 46.9 Å². The molecule has 0 radical (unpaired) electrons. The van der Waals surface area contributed by atoms with Crippen LogP contribution in [0, 0.1) is 11.8 Å². The third-order valence-electron chi connectivity index (χ3n) is 4.61. The first-order chi connectivity index (χ1) is 16.1. The van der Waals surface area contributed by atoms with Crippen LogP contribution in [0.2, 0.25) is 0 Å². The van der Waals surface area contributed by atoms with E-state index in [0.29, 0.717) is 11.1 Å². The van der Waals surface area contributed by atoms with Gasteiger partial charge in [-0.05, 0) is 12.8 Å². The second-order valence-corrected chi connectivity index (χ2v) is 6.95. The van der Waals surface area contributed by atoms with Gasteiger partial charge in [0.2, 0.25) is 0 Å². The molecule has 0 saturated heterocycles. The molecule has 0 heterocycles. The molecule has 35 heavy (non-hydrogen) atoms. The van der Waals surface area contributed by atoms with Crippen LogP contribution in [-0.2, 0) is 35.7 Å². The van der Waals surface area contributed by atoms with Gasteiger partial charge in [-0.3, -0.25) is 19.2 Å². The molecule has 8 nitrogen and oxygen atoms in total. The van der Waals surface area contributed by atoms with Gasteiger partial charge in [0.15, 0.2) is 11.6 Å². The van der Waals surface area contributed by atoms with Crippen molar-refractivity contribution in [1.29, 1.82) is 0 Å². The second-order valence-electron chi connectivity index (χ2n) is 6.95. The van der Waals surface area contributed by atoms with Crippen LogP contribution < -0.4 is 0 Å². The van der Waals surface area contributed by atoms with Crippen LogP contribution in [0.4, 0.5) is 0 Å². The quantitative estimate of drug-likeness (QED) is 0.142.